The molecule has 0 aliphatic rings. The Morgan fingerprint density at radius 1 is 1.21 bits per heavy atom. The second-order valence-electron chi connectivity index (χ2n) is 5.19. The fraction of sp³-hybridized carbons (Fsp3) is 0.429. The van der Waals surface area contributed by atoms with Gasteiger partial charge in [-0.3, -0.25) is 9.59 Å². The van der Waals surface area contributed by atoms with Gasteiger partial charge in [0.1, 0.15) is 12.0 Å². The van der Waals surface area contributed by atoms with Gasteiger partial charge in [0.15, 0.2) is 0 Å². The number of hydrogen-bond donors (Lipinski definition) is 0. The van der Waals surface area contributed by atoms with Crippen molar-refractivity contribution in [3.05, 3.63) is 29.3 Å². The molecule has 0 saturated heterocycles. The van der Waals surface area contributed by atoms with Crippen LogP contribution in [-0.4, -0.2) is 24.5 Å². The van der Waals surface area contributed by atoms with Gasteiger partial charge >= 0.3 is 5.97 Å². The highest BCUT2D eigenvalue weighted by atomic mass is 35.5. The number of esters is 1. The van der Waals surface area contributed by atoms with Crippen molar-refractivity contribution in [3.63, 3.8) is 0 Å². The van der Waals surface area contributed by atoms with E-state index < -0.39 is 11.6 Å². The summed E-state index contributed by atoms with van der Waals surface area (Å²) in [5, 5.41) is 0.594. The molecule has 1 amide bonds. The molecule has 1 rings (SSSR count). The summed E-state index contributed by atoms with van der Waals surface area (Å²) in [7, 11) is 1.61. The summed E-state index contributed by atoms with van der Waals surface area (Å²) < 4.78 is 5.11. The predicted octanol–water partition coefficient (Wildman–Crippen LogP) is 3.03. The fourth-order valence-corrected chi connectivity index (χ4v) is 1.55. The van der Waals surface area contributed by atoms with Crippen LogP contribution >= 0.6 is 11.6 Å². The first kappa shape index (κ1) is 15.5. The van der Waals surface area contributed by atoms with E-state index in [1.165, 1.54) is 4.90 Å². The fourth-order valence-electron chi connectivity index (χ4n) is 1.43. The van der Waals surface area contributed by atoms with Crippen LogP contribution in [0.3, 0.4) is 0 Å². The zero-order valence-corrected chi connectivity index (χ0v) is 12.3. The van der Waals surface area contributed by atoms with Crippen LogP contribution in [0.5, 0.6) is 0 Å². The Morgan fingerprint density at radius 3 is 2.21 bits per heavy atom. The minimum Gasteiger partial charge on any atom is -0.460 e. The quantitative estimate of drug-likeness (QED) is 0.633. The second kappa shape index (κ2) is 6.06. The van der Waals surface area contributed by atoms with Gasteiger partial charge in [0.25, 0.3) is 0 Å². The maximum absolute atomic E-state index is 11.9. The molecular weight excluding hydrogens is 266 g/mol. The monoisotopic (exact) mass is 283 g/mol. The molecule has 0 bridgehead atoms. The molecule has 0 aromatic heterocycles. The topological polar surface area (TPSA) is 46.6 Å². The molecule has 1 aromatic rings. The first-order chi connectivity index (χ1) is 8.69. The van der Waals surface area contributed by atoms with E-state index in [2.05, 4.69) is 0 Å². The lowest BCUT2D eigenvalue weighted by Gasteiger charge is -2.21. The summed E-state index contributed by atoms with van der Waals surface area (Å²) in [5.74, 6) is -0.852. The zero-order chi connectivity index (χ0) is 14.6. The molecule has 0 fully saturated rings. The smallest absolute Gasteiger partial charge is 0.315 e. The number of halogens is 1. The zero-order valence-electron chi connectivity index (χ0n) is 11.6. The molecule has 0 radical (unpaired) electrons. The Kier molecular flexibility index (Phi) is 4.95. The van der Waals surface area contributed by atoms with Crippen LogP contribution < -0.4 is 4.90 Å². The summed E-state index contributed by atoms with van der Waals surface area (Å²) >= 11 is 5.78. The van der Waals surface area contributed by atoms with E-state index in [4.69, 9.17) is 16.3 Å². The average Bonchev–Trinajstić information content (AvgIpc) is 2.26. The molecule has 0 N–H and O–H groups in total. The first-order valence-electron chi connectivity index (χ1n) is 5.93. The van der Waals surface area contributed by atoms with Crippen LogP contribution in [0, 0.1) is 0 Å². The van der Waals surface area contributed by atoms with Crippen LogP contribution in [0.4, 0.5) is 5.69 Å². The number of benzene rings is 1. The van der Waals surface area contributed by atoms with E-state index in [0.29, 0.717) is 10.7 Å². The molecule has 0 aliphatic heterocycles. The van der Waals surface area contributed by atoms with Crippen molar-refractivity contribution in [3.8, 4) is 0 Å². The van der Waals surface area contributed by atoms with Crippen molar-refractivity contribution >= 4 is 29.2 Å². The van der Waals surface area contributed by atoms with Gasteiger partial charge in [-0.1, -0.05) is 11.6 Å². The van der Waals surface area contributed by atoms with Crippen molar-refractivity contribution < 1.29 is 14.3 Å². The predicted molar refractivity (Wildman–Crippen MR) is 75.3 cm³/mol. The molecule has 0 spiro atoms. The van der Waals surface area contributed by atoms with Gasteiger partial charge in [0.05, 0.1) is 0 Å². The molecule has 0 atom stereocenters. The maximum Gasteiger partial charge on any atom is 0.315 e. The minimum absolute atomic E-state index is 0.281. The second-order valence-corrected chi connectivity index (χ2v) is 5.63. The highest BCUT2D eigenvalue weighted by molar-refractivity contribution is 6.30. The summed E-state index contributed by atoms with van der Waals surface area (Å²) in [6.45, 7) is 5.29. The van der Waals surface area contributed by atoms with Gasteiger partial charge in [-0.15, -0.1) is 0 Å². The van der Waals surface area contributed by atoms with Crippen molar-refractivity contribution in [2.24, 2.45) is 0 Å². The number of anilines is 1. The molecule has 5 heteroatoms. The number of carbonyl (C=O) groups excluding carboxylic acids is 2. The van der Waals surface area contributed by atoms with E-state index in [0.717, 1.165) is 0 Å². The normalized spacial score (nSPS) is 11.0. The molecule has 0 heterocycles. The van der Waals surface area contributed by atoms with Crippen molar-refractivity contribution in [2.75, 3.05) is 11.9 Å². The molecule has 1 aromatic carbocycles. The lowest BCUT2D eigenvalue weighted by molar-refractivity contribution is -0.156. The number of carbonyl (C=O) groups is 2. The van der Waals surface area contributed by atoms with Crippen LogP contribution in [0.15, 0.2) is 24.3 Å². The standard InChI is InChI=1S/C14H18ClNO3/c1-14(2,3)19-13(18)9-12(17)16(4)11-7-5-10(15)6-8-11/h5-8H,9H2,1-4H3. The van der Waals surface area contributed by atoms with Crippen LogP contribution in [0.1, 0.15) is 27.2 Å². The van der Waals surface area contributed by atoms with E-state index in [-0.39, 0.29) is 12.3 Å². The summed E-state index contributed by atoms with van der Waals surface area (Å²) in [6, 6.07) is 6.81. The number of nitrogens with zero attached hydrogens (tertiary/aromatic N) is 1. The van der Waals surface area contributed by atoms with Gasteiger partial charge in [0, 0.05) is 17.8 Å². The highest BCUT2D eigenvalue weighted by Crippen LogP contribution is 2.18. The summed E-state index contributed by atoms with van der Waals surface area (Å²) in [5.41, 5.74) is 0.0916. The first-order valence-corrected chi connectivity index (χ1v) is 6.31. The third-order valence-corrected chi connectivity index (χ3v) is 2.56. The maximum atomic E-state index is 11.9. The Balaban J connectivity index is 2.63. The Labute approximate surface area is 118 Å². The highest BCUT2D eigenvalue weighted by Gasteiger charge is 2.21. The van der Waals surface area contributed by atoms with Crippen LogP contribution in [0.2, 0.25) is 5.02 Å². The lowest BCUT2D eigenvalue weighted by atomic mass is 10.2. The van der Waals surface area contributed by atoms with Gasteiger partial charge in [-0.05, 0) is 45.0 Å². The van der Waals surface area contributed by atoms with Crippen molar-refractivity contribution in [2.45, 2.75) is 32.8 Å². The number of rotatable bonds is 3. The van der Waals surface area contributed by atoms with Crippen LogP contribution in [0.25, 0.3) is 0 Å². The van der Waals surface area contributed by atoms with E-state index >= 15 is 0 Å². The third-order valence-electron chi connectivity index (χ3n) is 2.30. The van der Waals surface area contributed by atoms with Gasteiger partial charge in [-0.25, -0.2) is 0 Å². The van der Waals surface area contributed by atoms with Gasteiger partial charge in [-0.2, -0.15) is 0 Å². The molecule has 0 saturated carbocycles. The molecule has 4 nitrogen and oxygen atoms in total. The SMILES string of the molecule is CN(C(=O)CC(=O)OC(C)(C)C)c1ccc(Cl)cc1. The Hall–Kier alpha value is -1.55. The lowest BCUT2D eigenvalue weighted by Crippen LogP contribution is -2.31. The summed E-state index contributed by atoms with van der Waals surface area (Å²) in [6.07, 6.45) is -0.281. The Bertz CT molecular complexity index is 463. The number of amides is 1. The molecule has 19 heavy (non-hydrogen) atoms. The molecule has 0 aliphatic carbocycles. The van der Waals surface area contributed by atoms with Crippen LogP contribution in [-0.2, 0) is 14.3 Å². The number of hydrogen-bond acceptors (Lipinski definition) is 3. The molecular formula is C14H18ClNO3. The minimum atomic E-state index is -0.587. The molecule has 104 valence electrons. The van der Waals surface area contributed by atoms with E-state index in [9.17, 15) is 9.59 Å². The number of ether oxygens (including phenoxy) is 1. The van der Waals surface area contributed by atoms with Crippen molar-refractivity contribution in [1.29, 1.82) is 0 Å². The average molecular weight is 284 g/mol. The largest absolute Gasteiger partial charge is 0.460 e. The van der Waals surface area contributed by atoms with Crippen molar-refractivity contribution in [1.82, 2.24) is 0 Å². The van der Waals surface area contributed by atoms with Gasteiger partial charge in [0.2, 0.25) is 5.91 Å². The van der Waals surface area contributed by atoms with Gasteiger partial charge < -0.3 is 9.64 Å². The van der Waals surface area contributed by atoms with E-state index in [1.807, 2.05) is 0 Å². The third kappa shape index (κ3) is 5.30. The summed E-state index contributed by atoms with van der Waals surface area (Å²) in [4.78, 5) is 24.9. The van der Waals surface area contributed by atoms with E-state index in [1.54, 1.807) is 52.1 Å². The molecule has 0 unspecified atom stereocenters. The Morgan fingerprint density at radius 2 is 1.74 bits per heavy atom.